The van der Waals surface area contributed by atoms with E-state index in [0.29, 0.717) is 0 Å². The van der Waals surface area contributed by atoms with Gasteiger partial charge < -0.3 is 5.32 Å². The van der Waals surface area contributed by atoms with Crippen LogP contribution in [0.4, 0.5) is 0 Å². The SMILES string of the molecule is Cl.Clc1cccc(CNCc2cccnc2-n2cccn2)c1. The van der Waals surface area contributed by atoms with E-state index >= 15 is 0 Å². The van der Waals surface area contributed by atoms with Crippen molar-refractivity contribution < 1.29 is 0 Å². The topological polar surface area (TPSA) is 42.7 Å². The van der Waals surface area contributed by atoms with Crippen LogP contribution in [-0.2, 0) is 13.1 Å². The number of nitrogens with one attached hydrogen (secondary N) is 1. The average Bonchev–Trinajstić information content (AvgIpc) is 3.02. The molecule has 1 N–H and O–H groups in total. The molecule has 0 saturated heterocycles. The third kappa shape index (κ3) is 4.07. The summed E-state index contributed by atoms with van der Waals surface area (Å²) in [5.74, 6) is 0.848. The average molecular weight is 335 g/mol. The molecule has 0 fully saturated rings. The number of hydrogen-bond acceptors (Lipinski definition) is 3. The summed E-state index contributed by atoms with van der Waals surface area (Å²) in [5.41, 5.74) is 2.26. The predicted octanol–water partition coefficient (Wildman–Crippen LogP) is 3.63. The van der Waals surface area contributed by atoms with Gasteiger partial charge in [-0.1, -0.05) is 29.8 Å². The van der Waals surface area contributed by atoms with Gasteiger partial charge in [-0.05, 0) is 29.8 Å². The third-order valence-corrected chi connectivity index (χ3v) is 3.36. The molecule has 0 spiro atoms. The van der Waals surface area contributed by atoms with Crippen molar-refractivity contribution in [2.45, 2.75) is 13.1 Å². The molecule has 2 aromatic heterocycles. The fraction of sp³-hybridized carbons (Fsp3) is 0.125. The minimum atomic E-state index is 0. The molecule has 0 aliphatic rings. The molecule has 0 bridgehead atoms. The predicted molar refractivity (Wildman–Crippen MR) is 90.6 cm³/mol. The Balaban J connectivity index is 0.00000176. The first-order valence-corrected chi connectivity index (χ1v) is 7.10. The van der Waals surface area contributed by atoms with E-state index < -0.39 is 0 Å². The van der Waals surface area contributed by atoms with Gasteiger partial charge in [0.2, 0.25) is 0 Å². The largest absolute Gasteiger partial charge is 0.308 e. The number of hydrogen-bond donors (Lipinski definition) is 1. The van der Waals surface area contributed by atoms with Crippen molar-refractivity contribution >= 4 is 24.0 Å². The lowest BCUT2D eigenvalue weighted by Gasteiger charge is -2.09. The second kappa shape index (κ2) is 7.94. The highest BCUT2D eigenvalue weighted by Gasteiger charge is 2.05. The van der Waals surface area contributed by atoms with Crippen molar-refractivity contribution in [3.63, 3.8) is 0 Å². The fourth-order valence-corrected chi connectivity index (χ4v) is 2.37. The van der Waals surface area contributed by atoms with E-state index in [1.807, 2.05) is 36.5 Å². The number of pyridine rings is 1. The molecular formula is C16H16Cl2N4. The van der Waals surface area contributed by atoms with Crippen LogP contribution in [0.5, 0.6) is 0 Å². The van der Waals surface area contributed by atoms with Crippen molar-refractivity contribution in [2.75, 3.05) is 0 Å². The monoisotopic (exact) mass is 334 g/mol. The summed E-state index contributed by atoms with van der Waals surface area (Å²) in [6.45, 7) is 1.48. The minimum absolute atomic E-state index is 0. The van der Waals surface area contributed by atoms with Crippen molar-refractivity contribution in [1.82, 2.24) is 20.1 Å². The van der Waals surface area contributed by atoms with Crippen LogP contribution in [0.3, 0.4) is 0 Å². The minimum Gasteiger partial charge on any atom is -0.308 e. The van der Waals surface area contributed by atoms with Gasteiger partial charge in [-0.2, -0.15) is 5.10 Å². The molecule has 0 aliphatic carbocycles. The molecule has 6 heteroatoms. The standard InChI is InChI=1S/C16H15ClN4.ClH/c17-15-6-1-4-13(10-15)11-18-12-14-5-2-7-19-16(14)21-9-3-8-20-21;/h1-10,18H,11-12H2;1H. The smallest absolute Gasteiger partial charge is 0.157 e. The van der Waals surface area contributed by atoms with Crippen LogP contribution in [0.25, 0.3) is 5.82 Å². The first kappa shape index (κ1) is 16.5. The normalized spacial score (nSPS) is 10.2. The lowest BCUT2D eigenvalue weighted by Crippen LogP contribution is -2.15. The van der Waals surface area contributed by atoms with Gasteiger partial charge in [-0.15, -0.1) is 12.4 Å². The summed E-state index contributed by atoms with van der Waals surface area (Å²) >= 11 is 5.98. The van der Waals surface area contributed by atoms with E-state index in [1.54, 1.807) is 17.1 Å². The van der Waals surface area contributed by atoms with Crippen LogP contribution < -0.4 is 5.32 Å². The summed E-state index contributed by atoms with van der Waals surface area (Å²) in [6, 6.07) is 13.7. The van der Waals surface area contributed by atoms with E-state index in [-0.39, 0.29) is 12.4 Å². The van der Waals surface area contributed by atoms with Gasteiger partial charge in [0, 0.05) is 42.3 Å². The Morgan fingerprint density at radius 1 is 1.05 bits per heavy atom. The molecule has 3 rings (SSSR count). The second-order valence-corrected chi connectivity index (χ2v) is 5.11. The Kier molecular flexibility index (Phi) is 5.95. The van der Waals surface area contributed by atoms with Gasteiger partial charge in [0.05, 0.1) is 0 Å². The number of aromatic nitrogens is 3. The third-order valence-electron chi connectivity index (χ3n) is 3.12. The number of benzene rings is 1. The van der Waals surface area contributed by atoms with Crippen LogP contribution >= 0.6 is 24.0 Å². The molecule has 0 unspecified atom stereocenters. The maximum Gasteiger partial charge on any atom is 0.157 e. The van der Waals surface area contributed by atoms with Gasteiger partial charge in [-0.25, -0.2) is 9.67 Å². The Labute approximate surface area is 140 Å². The first-order chi connectivity index (χ1) is 10.3. The van der Waals surface area contributed by atoms with E-state index in [2.05, 4.69) is 27.5 Å². The Hall–Kier alpha value is -1.88. The van der Waals surface area contributed by atoms with Gasteiger partial charge in [0.15, 0.2) is 5.82 Å². The van der Waals surface area contributed by atoms with Gasteiger partial charge in [0.25, 0.3) is 0 Å². The molecule has 0 aliphatic heterocycles. The zero-order valence-electron chi connectivity index (χ0n) is 11.8. The van der Waals surface area contributed by atoms with Crippen molar-refractivity contribution in [2.24, 2.45) is 0 Å². The summed E-state index contributed by atoms with van der Waals surface area (Å²) in [7, 11) is 0. The summed E-state index contributed by atoms with van der Waals surface area (Å²) in [4.78, 5) is 4.40. The molecule has 2 heterocycles. The number of rotatable bonds is 5. The Morgan fingerprint density at radius 3 is 2.73 bits per heavy atom. The quantitative estimate of drug-likeness (QED) is 0.774. The molecule has 0 atom stereocenters. The van der Waals surface area contributed by atoms with Gasteiger partial charge in [0.1, 0.15) is 0 Å². The lowest BCUT2D eigenvalue weighted by atomic mass is 10.2. The number of halogens is 2. The van der Waals surface area contributed by atoms with Crippen LogP contribution in [0.1, 0.15) is 11.1 Å². The van der Waals surface area contributed by atoms with Crippen LogP contribution in [0.15, 0.2) is 61.1 Å². The van der Waals surface area contributed by atoms with Crippen LogP contribution in [-0.4, -0.2) is 14.8 Å². The Morgan fingerprint density at radius 2 is 1.95 bits per heavy atom. The molecule has 114 valence electrons. The van der Waals surface area contributed by atoms with Crippen molar-refractivity contribution in [3.05, 3.63) is 77.2 Å². The maximum atomic E-state index is 5.98. The highest BCUT2D eigenvalue weighted by atomic mass is 35.5. The molecule has 4 nitrogen and oxygen atoms in total. The molecular weight excluding hydrogens is 319 g/mol. The fourth-order valence-electron chi connectivity index (χ4n) is 2.16. The van der Waals surface area contributed by atoms with E-state index in [4.69, 9.17) is 11.6 Å². The molecule has 0 saturated carbocycles. The summed E-state index contributed by atoms with van der Waals surface area (Å²) in [6.07, 6.45) is 5.41. The Bertz CT molecular complexity index is 714. The van der Waals surface area contributed by atoms with Gasteiger partial charge >= 0.3 is 0 Å². The van der Waals surface area contributed by atoms with Crippen molar-refractivity contribution in [1.29, 1.82) is 0 Å². The summed E-state index contributed by atoms with van der Waals surface area (Å²) < 4.78 is 1.77. The molecule has 0 amide bonds. The highest BCUT2D eigenvalue weighted by Crippen LogP contribution is 2.12. The molecule has 0 radical (unpaired) electrons. The highest BCUT2D eigenvalue weighted by molar-refractivity contribution is 6.30. The zero-order valence-corrected chi connectivity index (χ0v) is 13.4. The summed E-state index contributed by atoms with van der Waals surface area (Å²) in [5, 5.41) is 8.40. The van der Waals surface area contributed by atoms with Crippen LogP contribution in [0.2, 0.25) is 5.02 Å². The van der Waals surface area contributed by atoms with E-state index in [9.17, 15) is 0 Å². The molecule has 1 aromatic carbocycles. The second-order valence-electron chi connectivity index (χ2n) is 4.67. The maximum absolute atomic E-state index is 5.98. The first-order valence-electron chi connectivity index (χ1n) is 6.72. The molecule has 22 heavy (non-hydrogen) atoms. The molecule has 3 aromatic rings. The van der Waals surface area contributed by atoms with E-state index in [0.717, 1.165) is 35.1 Å². The lowest BCUT2D eigenvalue weighted by molar-refractivity contribution is 0.681. The number of nitrogens with zero attached hydrogens (tertiary/aromatic N) is 3. The van der Waals surface area contributed by atoms with Gasteiger partial charge in [-0.3, -0.25) is 0 Å². The van der Waals surface area contributed by atoms with Crippen molar-refractivity contribution in [3.8, 4) is 5.82 Å². The van der Waals surface area contributed by atoms with Crippen LogP contribution in [0, 0.1) is 0 Å². The van der Waals surface area contributed by atoms with E-state index in [1.165, 1.54) is 0 Å². The zero-order chi connectivity index (χ0) is 14.5.